The third kappa shape index (κ3) is 10.1. The van der Waals surface area contributed by atoms with Gasteiger partial charge in [-0.2, -0.15) is 0 Å². The van der Waals surface area contributed by atoms with Crippen molar-refractivity contribution in [1.82, 2.24) is 15.5 Å². The molecule has 1 aromatic carbocycles. The first-order valence-corrected chi connectivity index (χ1v) is 8.94. The minimum absolute atomic E-state index is 0. The molecule has 0 amide bonds. The third-order valence-corrected chi connectivity index (χ3v) is 4.00. The minimum Gasteiger partial charge on any atom is -0.496 e. The molecule has 0 saturated heterocycles. The van der Waals surface area contributed by atoms with Gasteiger partial charge in [0.25, 0.3) is 0 Å². The highest BCUT2D eigenvalue weighted by atomic mass is 127. The number of likely N-dealkylation sites (N-methyl/N-ethyl adjacent to an activating group) is 1. The number of aliphatic imine (C=N–C) groups is 1. The lowest BCUT2D eigenvalue weighted by atomic mass is 10.0. The molecule has 2 N–H and O–H groups in total. The highest BCUT2D eigenvalue weighted by Gasteiger charge is 2.18. The number of halogens is 1. The Morgan fingerprint density at radius 3 is 2.48 bits per heavy atom. The Morgan fingerprint density at radius 1 is 1.11 bits per heavy atom. The molecule has 1 aromatic rings. The number of nitrogens with zero attached hydrogens (tertiary/aromatic N) is 2. The second-order valence-corrected chi connectivity index (χ2v) is 6.06. The van der Waals surface area contributed by atoms with Gasteiger partial charge in [-0.25, -0.2) is 0 Å². The third-order valence-electron chi connectivity index (χ3n) is 4.00. The van der Waals surface area contributed by atoms with Crippen LogP contribution in [-0.4, -0.2) is 79.1 Å². The van der Waals surface area contributed by atoms with E-state index >= 15 is 0 Å². The van der Waals surface area contributed by atoms with Gasteiger partial charge in [-0.3, -0.25) is 4.99 Å². The summed E-state index contributed by atoms with van der Waals surface area (Å²) in [5.74, 6) is 1.67. The van der Waals surface area contributed by atoms with Crippen molar-refractivity contribution < 1.29 is 14.2 Å². The van der Waals surface area contributed by atoms with E-state index in [1.807, 2.05) is 18.2 Å². The number of nitrogens with one attached hydrogen (secondary N) is 2. The number of ether oxygens (including phenoxy) is 3. The van der Waals surface area contributed by atoms with Crippen LogP contribution in [0.25, 0.3) is 0 Å². The molecule has 0 fully saturated rings. The van der Waals surface area contributed by atoms with Gasteiger partial charge in [0, 0.05) is 39.4 Å². The predicted octanol–water partition coefficient (Wildman–Crippen LogP) is 2.13. The van der Waals surface area contributed by atoms with Gasteiger partial charge < -0.3 is 29.7 Å². The van der Waals surface area contributed by atoms with Crippen molar-refractivity contribution in [1.29, 1.82) is 0 Å². The van der Waals surface area contributed by atoms with Crippen LogP contribution < -0.4 is 15.4 Å². The normalized spacial score (nSPS) is 12.4. The van der Waals surface area contributed by atoms with Crippen LogP contribution >= 0.6 is 24.0 Å². The fourth-order valence-electron chi connectivity index (χ4n) is 2.55. The van der Waals surface area contributed by atoms with Crippen molar-refractivity contribution in [2.75, 3.05) is 68.3 Å². The topological polar surface area (TPSA) is 67.4 Å². The zero-order valence-corrected chi connectivity index (χ0v) is 19.5. The highest BCUT2D eigenvalue weighted by Crippen LogP contribution is 2.27. The molecule has 0 aliphatic rings. The average molecular weight is 494 g/mol. The summed E-state index contributed by atoms with van der Waals surface area (Å²) >= 11 is 0. The molecule has 8 heteroatoms. The number of benzene rings is 1. The van der Waals surface area contributed by atoms with E-state index in [2.05, 4.69) is 40.7 Å². The molecule has 27 heavy (non-hydrogen) atoms. The van der Waals surface area contributed by atoms with Crippen molar-refractivity contribution in [3.63, 3.8) is 0 Å². The van der Waals surface area contributed by atoms with Crippen molar-refractivity contribution in [3.05, 3.63) is 29.8 Å². The fraction of sp³-hybridized carbons (Fsp3) is 0.632. The summed E-state index contributed by atoms with van der Waals surface area (Å²) in [5.41, 5.74) is 1.15. The largest absolute Gasteiger partial charge is 0.496 e. The SMILES string of the molecule is CN=C(NCCCOCCOC)NCC(c1ccccc1OC)N(C)C.I. The van der Waals surface area contributed by atoms with E-state index < -0.39 is 0 Å². The monoisotopic (exact) mass is 494 g/mol. The van der Waals surface area contributed by atoms with Crippen molar-refractivity contribution in [2.24, 2.45) is 4.99 Å². The molecule has 0 aromatic heterocycles. The molecule has 7 nitrogen and oxygen atoms in total. The lowest BCUT2D eigenvalue weighted by Crippen LogP contribution is -2.42. The predicted molar refractivity (Wildman–Crippen MR) is 122 cm³/mol. The lowest BCUT2D eigenvalue weighted by molar-refractivity contribution is 0.0698. The molecule has 0 bridgehead atoms. The van der Waals surface area contributed by atoms with Crippen molar-refractivity contribution in [3.8, 4) is 5.75 Å². The second kappa shape index (κ2) is 15.9. The van der Waals surface area contributed by atoms with Gasteiger partial charge in [-0.1, -0.05) is 18.2 Å². The van der Waals surface area contributed by atoms with E-state index in [4.69, 9.17) is 14.2 Å². The number of methoxy groups -OCH3 is 2. The Bertz CT molecular complexity index is 529. The van der Waals surface area contributed by atoms with Crippen LogP contribution in [0.4, 0.5) is 0 Å². The second-order valence-electron chi connectivity index (χ2n) is 6.06. The maximum atomic E-state index is 5.51. The quantitative estimate of drug-likeness (QED) is 0.201. The summed E-state index contributed by atoms with van der Waals surface area (Å²) in [6.07, 6.45) is 0.911. The smallest absolute Gasteiger partial charge is 0.191 e. The fourth-order valence-corrected chi connectivity index (χ4v) is 2.55. The summed E-state index contributed by atoms with van der Waals surface area (Å²) < 4.78 is 15.9. The number of hydrogen-bond acceptors (Lipinski definition) is 5. The molecule has 156 valence electrons. The maximum Gasteiger partial charge on any atom is 0.191 e. The first kappa shape index (κ1) is 25.9. The molecular formula is C19H35IN4O3. The Kier molecular flexibility index (Phi) is 15.3. The Hall–Kier alpha value is -1.10. The van der Waals surface area contributed by atoms with E-state index in [9.17, 15) is 0 Å². The van der Waals surface area contributed by atoms with Crippen LogP contribution in [0.15, 0.2) is 29.3 Å². The van der Waals surface area contributed by atoms with Gasteiger partial charge in [0.15, 0.2) is 5.96 Å². The first-order valence-electron chi connectivity index (χ1n) is 8.94. The standard InChI is InChI=1S/C19H34N4O3.HI/c1-20-19(21-11-8-12-26-14-13-24-4)22-15-17(23(2)3)16-9-6-7-10-18(16)25-5;/h6-7,9-10,17H,8,11-15H2,1-5H3,(H2,20,21,22);1H. The minimum atomic E-state index is 0. The van der Waals surface area contributed by atoms with Gasteiger partial charge in [0.2, 0.25) is 0 Å². The van der Waals surface area contributed by atoms with Crippen LogP contribution in [-0.2, 0) is 9.47 Å². The molecule has 1 rings (SSSR count). The van der Waals surface area contributed by atoms with Crippen molar-refractivity contribution >= 4 is 29.9 Å². The van der Waals surface area contributed by atoms with Gasteiger partial charge >= 0.3 is 0 Å². The molecular weight excluding hydrogens is 459 g/mol. The summed E-state index contributed by atoms with van der Waals surface area (Å²) in [5, 5.41) is 6.71. The van der Waals surface area contributed by atoms with Crippen LogP contribution in [0.5, 0.6) is 5.75 Å². The average Bonchev–Trinajstić information content (AvgIpc) is 2.65. The highest BCUT2D eigenvalue weighted by molar-refractivity contribution is 14.0. The molecule has 1 unspecified atom stereocenters. The first-order chi connectivity index (χ1) is 12.6. The number of hydrogen-bond donors (Lipinski definition) is 2. The van der Waals surface area contributed by atoms with Gasteiger partial charge in [0.05, 0.1) is 26.4 Å². The molecule has 0 saturated carbocycles. The molecule has 0 aliphatic heterocycles. The van der Waals surface area contributed by atoms with Crippen molar-refractivity contribution in [2.45, 2.75) is 12.5 Å². The molecule has 0 radical (unpaired) electrons. The Morgan fingerprint density at radius 2 is 1.85 bits per heavy atom. The van der Waals surface area contributed by atoms with E-state index in [0.29, 0.717) is 19.8 Å². The zero-order valence-electron chi connectivity index (χ0n) is 17.2. The lowest BCUT2D eigenvalue weighted by Gasteiger charge is -2.27. The molecule has 1 atom stereocenters. The van der Waals surface area contributed by atoms with Gasteiger partial charge in [-0.15, -0.1) is 24.0 Å². The summed E-state index contributed by atoms with van der Waals surface area (Å²) in [7, 11) is 9.28. The van der Waals surface area contributed by atoms with Crippen LogP contribution in [0.3, 0.4) is 0 Å². The number of rotatable bonds is 12. The summed E-state index contributed by atoms with van der Waals surface area (Å²) in [6.45, 7) is 3.48. The van der Waals surface area contributed by atoms with E-state index in [-0.39, 0.29) is 30.0 Å². The maximum absolute atomic E-state index is 5.51. The summed E-state index contributed by atoms with van der Waals surface area (Å²) in [6, 6.07) is 8.27. The Balaban J connectivity index is 0.00000676. The molecule has 0 heterocycles. The summed E-state index contributed by atoms with van der Waals surface area (Å²) in [4.78, 5) is 6.46. The number of guanidine groups is 1. The Labute approximate surface area is 180 Å². The van der Waals surface area contributed by atoms with E-state index in [0.717, 1.165) is 36.8 Å². The van der Waals surface area contributed by atoms with Gasteiger partial charge in [0.1, 0.15) is 5.75 Å². The zero-order chi connectivity index (χ0) is 19.2. The van der Waals surface area contributed by atoms with E-state index in [1.165, 1.54) is 0 Å². The molecule has 0 spiro atoms. The number of para-hydroxylation sites is 1. The van der Waals surface area contributed by atoms with Crippen LogP contribution in [0.1, 0.15) is 18.0 Å². The van der Waals surface area contributed by atoms with E-state index in [1.54, 1.807) is 21.3 Å². The van der Waals surface area contributed by atoms with Gasteiger partial charge in [-0.05, 0) is 26.6 Å². The van der Waals surface area contributed by atoms with Crippen LogP contribution in [0, 0.1) is 0 Å². The molecule has 0 aliphatic carbocycles. The van der Waals surface area contributed by atoms with Crippen LogP contribution in [0.2, 0.25) is 0 Å².